The van der Waals surface area contributed by atoms with Gasteiger partial charge in [0.25, 0.3) is 5.91 Å². The first-order valence-corrected chi connectivity index (χ1v) is 8.20. The van der Waals surface area contributed by atoms with Crippen LogP contribution < -0.4 is 5.32 Å². The summed E-state index contributed by atoms with van der Waals surface area (Å²) >= 11 is 0. The van der Waals surface area contributed by atoms with E-state index in [0.29, 0.717) is 11.4 Å². The fourth-order valence-electron chi connectivity index (χ4n) is 2.58. The number of carbonyl (C=O) groups excluding carboxylic acids is 1. The number of benzene rings is 2. The van der Waals surface area contributed by atoms with Gasteiger partial charge >= 0.3 is 0 Å². The number of rotatable bonds is 5. The lowest BCUT2D eigenvalue weighted by Crippen LogP contribution is -2.35. The quantitative estimate of drug-likeness (QED) is 0.670. The van der Waals surface area contributed by atoms with E-state index in [2.05, 4.69) is 15.3 Å². The maximum atomic E-state index is 12.5. The minimum absolute atomic E-state index is 0.103. The Bertz CT molecular complexity index is 855. The van der Waals surface area contributed by atoms with Crippen molar-refractivity contribution in [1.29, 1.82) is 0 Å². The maximum absolute atomic E-state index is 12.5. The van der Waals surface area contributed by atoms with Crippen LogP contribution in [-0.2, 0) is 0 Å². The minimum atomic E-state index is -0.303. The molecule has 3 N–H and O–H groups in total. The minimum Gasteiger partial charge on any atom is -0.394 e. The van der Waals surface area contributed by atoms with E-state index >= 15 is 0 Å². The number of hydrogen-bond donors (Lipinski definition) is 3. The highest BCUT2D eigenvalue weighted by Gasteiger charge is 2.13. The molecule has 0 fully saturated rings. The number of aromatic amines is 1. The van der Waals surface area contributed by atoms with Crippen LogP contribution in [0.1, 0.15) is 22.8 Å². The van der Waals surface area contributed by atoms with Crippen LogP contribution in [-0.4, -0.2) is 33.6 Å². The summed E-state index contributed by atoms with van der Waals surface area (Å²) < 4.78 is 0. The molecule has 0 saturated carbocycles. The van der Waals surface area contributed by atoms with Crippen molar-refractivity contribution in [2.24, 2.45) is 0 Å². The van der Waals surface area contributed by atoms with Gasteiger partial charge in [-0.2, -0.15) is 0 Å². The Labute approximate surface area is 146 Å². The molecule has 128 valence electrons. The van der Waals surface area contributed by atoms with Crippen LogP contribution in [0.4, 0.5) is 0 Å². The summed E-state index contributed by atoms with van der Waals surface area (Å²) in [7, 11) is 0. The largest absolute Gasteiger partial charge is 0.394 e. The number of amides is 1. The molecule has 3 rings (SSSR count). The first-order chi connectivity index (χ1) is 12.1. The highest BCUT2D eigenvalue weighted by molar-refractivity contribution is 5.97. The molecule has 0 unspecified atom stereocenters. The van der Waals surface area contributed by atoms with Gasteiger partial charge in [0.2, 0.25) is 0 Å². The molecule has 0 saturated heterocycles. The van der Waals surface area contributed by atoms with Gasteiger partial charge in [-0.1, -0.05) is 29.8 Å². The maximum Gasteiger partial charge on any atom is 0.251 e. The summed E-state index contributed by atoms with van der Waals surface area (Å²) in [4.78, 5) is 19.9. The number of aromatic nitrogens is 2. The van der Waals surface area contributed by atoms with Crippen LogP contribution >= 0.6 is 0 Å². The monoisotopic (exact) mass is 335 g/mol. The predicted octanol–water partition coefficient (Wildman–Crippen LogP) is 3.16. The third-order valence-corrected chi connectivity index (χ3v) is 4.00. The van der Waals surface area contributed by atoms with E-state index in [4.69, 9.17) is 5.11 Å². The van der Waals surface area contributed by atoms with Crippen molar-refractivity contribution in [1.82, 2.24) is 15.3 Å². The Kier molecular flexibility index (Phi) is 4.95. The van der Waals surface area contributed by atoms with Gasteiger partial charge in [-0.15, -0.1) is 0 Å². The smallest absolute Gasteiger partial charge is 0.251 e. The molecular formula is C20H21N3O2. The number of nitrogens with zero attached hydrogens (tertiary/aromatic N) is 1. The summed E-state index contributed by atoms with van der Waals surface area (Å²) in [6.45, 7) is 3.70. The lowest BCUT2D eigenvalue weighted by atomic mass is 9.98. The molecular weight excluding hydrogens is 314 g/mol. The van der Waals surface area contributed by atoms with Gasteiger partial charge in [-0.05, 0) is 43.2 Å². The number of aliphatic hydroxyl groups excluding tert-OH is 1. The van der Waals surface area contributed by atoms with E-state index in [-0.39, 0.29) is 18.6 Å². The van der Waals surface area contributed by atoms with Crippen molar-refractivity contribution in [2.75, 3.05) is 6.61 Å². The van der Waals surface area contributed by atoms with Crippen molar-refractivity contribution >= 4 is 5.91 Å². The van der Waals surface area contributed by atoms with Crippen LogP contribution in [0.25, 0.3) is 22.5 Å². The molecule has 3 aromatic rings. The van der Waals surface area contributed by atoms with Gasteiger partial charge in [0.05, 0.1) is 6.61 Å². The Morgan fingerprint density at radius 1 is 1.16 bits per heavy atom. The van der Waals surface area contributed by atoms with Crippen molar-refractivity contribution in [3.63, 3.8) is 0 Å². The first-order valence-electron chi connectivity index (χ1n) is 8.20. The lowest BCUT2D eigenvalue weighted by Gasteiger charge is -2.13. The molecule has 5 heteroatoms. The van der Waals surface area contributed by atoms with Crippen LogP contribution in [0.15, 0.2) is 54.9 Å². The van der Waals surface area contributed by atoms with Crippen molar-refractivity contribution in [3.8, 4) is 22.5 Å². The Hall–Kier alpha value is -2.92. The second-order valence-electron chi connectivity index (χ2n) is 6.16. The van der Waals surface area contributed by atoms with E-state index < -0.39 is 0 Å². The third kappa shape index (κ3) is 3.95. The molecule has 1 atom stereocenters. The van der Waals surface area contributed by atoms with Gasteiger partial charge in [0.15, 0.2) is 0 Å². The average molecular weight is 335 g/mol. The molecule has 0 aliphatic rings. The van der Waals surface area contributed by atoms with E-state index in [1.165, 1.54) is 5.56 Å². The number of imidazole rings is 1. The predicted molar refractivity (Wildman–Crippen MR) is 98.2 cm³/mol. The molecule has 0 spiro atoms. The van der Waals surface area contributed by atoms with E-state index in [1.54, 1.807) is 25.4 Å². The molecule has 1 amide bonds. The Balaban J connectivity index is 2.05. The average Bonchev–Trinajstić information content (AvgIpc) is 3.16. The topological polar surface area (TPSA) is 78.0 Å². The second kappa shape index (κ2) is 7.32. The van der Waals surface area contributed by atoms with Crippen LogP contribution in [0, 0.1) is 6.92 Å². The van der Waals surface area contributed by atoms with Crippen molar-refractivity contribution < 1.29 is 9.90 Å². The van der Waals surface area contributed by atoms with Crippen LogP contribution in [0.3, 0.4) is 0 Å². The summed E-state index contributed by atoms with van der Waals surface area (Å²) in [5.74, 6) is 0.488. The second-order valence-corrected chi connectivity index (χ2v) is 6.16. The molecule has 0 aliphatic carbocycles. The normalized spacial score (nSPS) is 12.0. The molecule has 1 aromatic heterocycles. The van der Waals surface area contributed by atoms with E-state index in [9.17, 15) is 4.79 Å². The van der Waals surface area contributed by atoms with Gasteiger partial charge in [-0.25, -0.2) is 4.98 Å². The number of H-pyrrole nitrogens is 1. The van der Waals surface area contributed by atoms with Crippen LogP contribution in [0.2, 0.25) is 0 Å². The number of aryl methyl sites for hydroxylation is 1. The highest BCUT2D eigenvalue weighted by Crippen LogP contribution is 2.27. The Morgan fingerprint density at radius 3 is 2.52 bits per heavy atom. The zero-order valence-electron chi connectivity index (χ0n) is 14.3. The molecule has 0 radical (unpaired) electrons. The molecule has 1 heterocycles. The number of carbonyl (C=O) groups is 1. The Morgan fingerprint density at radius 2 is 1.88 bits per heavy atom. The highest BCUT2D eigenvalue weighted by atomic mass is 16.3. The van der Waals surface area contributed by atoms with Crippen LogP contribution in [0.5, 0.6) is 0 Å². The fourth-order valence-corrected chi connectivity index (χ4v) is 2.58. The van der Waals surface area contributed by atoms with Gasteiger partial charge < -0.3 is 15.4 Å². The first kappa shape index (κ1) is 16.9. The summed E-state index contributed by atoms with van der Waals surface area (Å²) in [5, 5.41) is 12.0. The van der Waals surface area contributed by atoms with E-state index in [1.807, 2.05) is 43.3 Å². The number of aliphatic hydroxyl groups is 1. The van der Waals surface area contributed by atoms with Gasteiger partial charge in [0, 0.05) is 29.6 Å². The fraction of sp³-hybridized carbons (Fsp3) is 0.200. The number of hydrogen-bond acceptors (Lipinski definition) is 3. The molecule has 2 aromatic carbocycles. The SMILES string of the molecule is Cc1ccc(-c2cc(C(=O)N[C@@H](C)CO)cc(-c3ncc[nH]3)c2)cc1. The summed E-state index contributed by atoms with van der Waals surface area (Å²) in [6.07, 6.45) is 3.43. The zero-order valence-corrected chi connectivity index (χ0v) is 14.3. The molecule has 0 bridgehead atoms. The number of nitrogens with one attached hydrogen (secondary N) is 2. The molecule has 25 heavy (non-hydrogen) atoms. The van der Waals surface area contributed by atoms with E-state index in [0.717, 1.165) is 16.7 Å². The van der Waals surface area contributed by atoms with Gasteiger partial charge in [-0.3, -0.25) is 4.79 Å². The lowest BCUT2D eigenvalue weighted by molar-refractivity contribution is 0.0922. The summed E-state index contributed by atoms with van der Waals surface area (Å²) in [5.41, 5.74) is 4.52. The zero-order chi connectivity index (χ0) is 17.8. The van der Waals surface area contributed by atoms with Crippen molar-refractivity contribution in [2.45, 2.75) is 19.9 Å². The molecule has 5 nitrogen and oxygen atoms in total. The molecule has 0 aliphatic heterocycles. The summed E-state index contributed by atoms with van der Waals surface area (Å²) in [6, 6.07) is 13.5. The van der Waals surface area contributed by atoms with Gasteiger partial charge in [0.1, 0.15) is 5.82 Å². The third-order valence-electron chi connectivity index (χ3n) is 4.00. The standard InChI is InChI=1S/C20H21N3O2/c1-13-3-5-15(6-4-13)16-9-17(19-21-7-8-22-19)11-18(10-16)20(25)23-14(2)12-24/h3-11,14,24H,12H2,1-2H3,(H,21,22)(H,23,25)/t14-/m0/s1. The van der Waals surface area contributed by atoms with Crippen molar-refractivity contribution in [3.05, 3.63) is 66.0 Å².